The van der Waals surface area contributed by atoms with Crippen molar-refractivity contribution in [2.75, 3.05) is 0 Å². The number of nitrogens with two attached hydrogens (primary N) is 1. The van der Waals surface area contributed by atoms with Crippen molar-refractivity contribution in [1.82, 2.24) is 20.5 Å². The maximum absolute atomic E-state index is 12.3. The zero-order valence-corrected chi connectivity index (χ0v) is 17.3. The second-order valence-electron chi connectivity index (χ2n) is 7.71. The Hall–Kier alpha value is -3.20. The standard InChI is InChI=1S/C20H27N5O4/c1-12(19(28)29-20(2,3)4)17(26)22-10-13-7-6-8-14(9-13)16-15(18(27)23-21)11-25(5)24-16/h6-9,11-12H,10,21H2,1-5H3,(H,22,26)(H,23,27). The Morgan fingerprint density at radius 3 is 2.59 bits per heavy atom. The quantitative estimate of drug-likeness (QED) is 0.220. The highest BCUT2D eigenvalue weighted by molar-refractivity contribution is 5.99. The molecule has 1 heterocycles. The summed E-state index contributed by atoms with van der Waals surface area (Å²) in [6.45, 7) is 6.96. The minimum Gasteiger partial charge on any atom is -0.459 e. The molecule has 156 valence electrons. The van der Waals surface area contributed by atoms with E-state index in [1.807, 2.05) is 18.2 Å². The van der Waals surface area contributed by atoms with Gasteiger partial charge in [0.2, 0.25) is 5.91 Å². The largest absolute Gasteiger partial charge is 0.459 e. The highest BCUT2D eigenvalue weighted by Gasteiger charge is 2.27. The summed E-state index contributed by atoms with van der Waals surface area (Å²) in [5.74, 6) is 2.87. The van der Waals surface area contributed by atoms with Crippen molar-refractivity contribution in [3.05, 3.63) is 41.6 Å². The average molecular weight is 401 g/mol. The fourth-order valence-corrected chi connectivity index (χ4v) is 2.61. The van der Waals surface area contributed by atoms with Gasteiger partial charge in [0, 0.05) is 25.4 Å². The van der Waals surface area contributed by atoms with Gasteiger partial charge in [0.25, 0.3) is 5.91 Å². The predicted octanol–water partition coefficient (Wildman–Crippen LogP) is 1.28. The van der Waals surface area contributed by atoms with Crippen LogP contribution in [0.1, 0.15) is 43.6 Å². The summed E-state index contributed by atoms with van der Waals surface area (Å²) in [4.78, 5) is 36.3. The van der Waals surface area contributed by atoms with Crippen LogP contribution in [0.25, 0.3) is 11.3 Å². The molecule has 0 aliphatic rings. The Morgan fingerprint density at radius 1 is 1.28 bits per heavy atom. The van der Waals surface area contributed by atoms with Gasteiger partial charge < -0.3 is 10.1 Å². The van der Waals surface area contributed by atoms with Gasteiger partial charge in [-0.2, -0.15) is 5.10 Å². The minimum absolute atomic E-state index is 0.213. The van der Waals surface area contributed by atoms with Gasteiger partial charge in [-0.05, 0) is 39.3 Å². The van der Waals surface area contributed by atoms with E-state index in [1.54, 1.807) is 40.1 Å². The van der Waals surface area contributed by atoms with Gasteiger partial charge in [-0.1, -0.05) is 18.2 Å². The molecule has 0 aliphatic heterocycles. The summed E-state index contributed by atoms with van der Waals surface area (Å²) in [7, 11) is 1.71. The molecule has 1 aromatic carbocycles. The number of hydrazine groups is 1. The number of ether oxygens (including phenoxy) is 1. The molecular weight excluding hydrogens is 374 g/mol. The lowest BCUT2D eigenvalue weighted by molar-refractivity contribution is -0.161. The highest BCUT2D eigenvalue weighted by atomic mass is 16.6. The number of carbonyl (C=O) groups is 3. The van der Waals surface area contributed by atoms with E-state index in [0.717, 1.165) is 5.56 Å². The van der Waals surface area contributed by atoms with E-state index in [-0.39, 0.29) is 6.54 Å². The topological polar surface area (TPSA) is 128 Å². The summed E-state index contributed by atoms with van der Waals surface area (Å²) in [6.07, 6.45) is 1.58. The number of carbonyl (C=O) groups excluding carboxylic acids is 3. The second kappa shape index (κ2) is 8.87. The number of esters is 1. The van der Waals surface area contributed by atoms with Gasteiger partial charge in [0.05, 0.1) is 5.56 Å². The summed E-state index contributed by atoms with van der Waals surface area (Å²) in [6, 6.07) is 7.25. The minimum atomic E-state index is -0.923. The normalized spacial score (nSPS) is 12.2. The van der Waals surface area contributed by atoms with Crippen molar-refractivity contribution in [3.63, 3.8) is 0 Å². The number of benzene rings is 1. The maximum atomic E-state index is 12.3. The first kappa shape index (κ1) is 22.1. The van der Waals surface area contributed by atoms with Crippen LogP contribution in [0.15, 0.2) is 30.5 Å². The van der Waals surface area contributed by atoms with Gasteiger partial charge in [-0.25, -0.2) is 5.84 Å². The van der Waals surface area contributed by atoms with Crippen molar-refractivity contribution < 1.29 is 19.1 Å². The first-order valence-corrected chi connectivity index (χ1v) is 9.16. The van der Waals surface area contributed by atoms with Gasteiger partial charge in [0.15, 0.2) is 0 Å². The smallest absolute Gasteiger partial charge is 0.318 e. The van der Waals surface area contributed by atoms with Crippen LogP contribution >= 0.6 is 0 Å². The van der Waals surface area contributed by atoms with Crippen LogP contribution in [-0.2, 0) is 27.9 Å². The molecule has 0 radical (unpaired) electrons. The van der Waals surface area contributed by atoms with E-state index in [0.29, 0.717) is 16.8 Å². The summed E-state index contributed by atoms with van der Waals surface area (Å²) >= 11 is 0. The number of aryl methyl sites for hydroxylation is 1. The Labute approximate surface area is 169 Å². The van der Waals surface area contributed by atoms with Crippen molar-refractivity contribution in [2.24, 2.45) is 18.8 Å². The summed E-state index contributed by atoms with van der Waals surface area (Å²) in [5.41, 5.74) is 3.76. The molecule has 29 heavy (non-hydrogen) atoms. The highest BCUT2D eigenvalue weighted by Crippen LogP contribution is 2.23. The van der Waals surface area contributed by atoms with Crippen LogP contribution in [0.3, 0.4) is 0 Å². The third-order valence-corrected chi connectivity index (χ3v) is 4.03. The Balaban J connectivity index is 2.11. The number of rotatable bonds is 6. The van der Waals surface area contributed by atoms with Gasteiger partial charge >= 0.3 is 5.97 Å². The van der Waals surface area contributed by atoms with Crippen LogP contribution in [-0.4, -0.2) is 33.2 Å². The van der Waals surface area contributed by atoms with Crippen molar-refractivity contribution in [2.45, 2.75) is 39.8 Å². The zero-order valence-electron chi connectivity index (χ0n) is 17.3. The van der Waals surface area contributed by atoms with Crippen LogP contribution in [0, 0.1) is 5.92 Å². The number of nitrogen functional groups attached to an aromatic ring is 1. The molecule has 4 N–H and O–H groups in total. The molecule has 0 bridgehead atoms. The SMILES string of the molecule is CC(C(=O)NCc1cccc(-c2nn(C)cc2C(=O)NN)c1)C(=O)OC(C)(C)C. The lowest BCUT2D eigenvalue weighted by Gasteiger charge is -2.22. The molecule has 2 amide bonds. The second-order valence-corrected chi connectivity index (χ2v) is 7.71. The lowest BCUT2D eigenvalue weighted by Crippen LogP contribution is -2.37. The predicted molar refractivity (Wildman–Crippen MR) is 107 cm³/mol. The summed E-state index contributed by atoms with van der Waals surface area (Å²) in [5, 5.41) is 7.06. The average Bonchev–Trinajstić information content (AvgIpc) is 3.05. The Morgan fingerprint density at radius 2 is 1.97 bits per heavy atom. The number of nitrogens with zero attached hydrogens (tertiary/aromatic N) is 2. The van der Waals surface area contributed by atoms with E-state index < -0.39 is 29.3 Å². The van der Waals surface area contributed by atoms with E-state index in [4.69, 9.17) is 10.6 Å². The monoisotopic (exact) mass is 401 g/mol. The van der Waals surface area contributed by atoms with Crippen molar-refractivity contribution in [3.8, 4) is 11.3 Å². The first-order valence-electron chi connectivity index (χ1n) is 9.16. The van der Waals surface area contributed by atoms with Crippen molar-refractivity contribution in [1.29, 1.82) is 0 Å². The lowest BCUT2D eigenvalue weighted by atomic mass is 10.0. The number of amides is 2. The molecule has 9 heteroatoms. The molecule has 2 aromatic rings. The Kier molecular flexibility index (Phi) is 6.76. The zero-order chi connectivity index (χ0) is 21.8. The maximum Gasteiger partial charge on any atom is 0.318 e. The van der Waals surface area contributed by atoms with Crippen LogP contribution < -0.4 is 16.6 Å². The number of aromatic nitrogens is 2. The molecule has 1 aromatic heterocycles. The number of nitrogens with one attached hydrogen (secondary N) is 2. The van der Waals surface area contributed by atoms with Crippen LogP contribution in [0.2, 0.25) is 0 Å². The molecule has 0 spiro atoms. The molecule has 0 saturated carbocycles. The number of hydrogen-bond acceptors (Lipinski definition) is 6. The molecule has 2 rings (SSSR count). The fourth-order valence-electron chi connectivity index (χ4n) is 2.61. The van der Waals surface area contributed by atoms with Gasteiger partial charge in [-0.15, -0.1) is 0 Å². The van der Waals surface area contributed by atoms with E-state index in [9.17, 15) is 14.4 Å². The molecule has 1 atom stereocenters. The molecule has 0 fully saturated rings. The van der Waals surface area contributed by atoms with E-state index >= 15 is 0 Å². The van der Waals surface area contributed by atoms with E-state index in [1.165, 1.54) is 11.6 Å². The Bertz CT molecular complexity index is 914. The fraction of sp³-hybridized carbons (Fsp3) is 0.400. The molecule has 9 nitrogen and oxygen atoms in total. The molecule has 1 unspecified atom stereocenters. The van der Waals surface area contributed by atoms with Gasteiger partial charge in [0.1, 0.15) is 17.2 Å². The third kappa shape index (κ3) is 5.89. The molecular formula is C20H27N5O4. The van der Waals surface area contributed by atoms with Crippen LogP contribution in [0.4, 0.5) is 0 Å². The third-order valence-electron chi connectivity index (χ3n) is 4.03. The molecule has 0 saturated heterocycles. The van der Waals surface area contributed by atoms with E-state index in [2.05, 4.69) is 15.8 Å². The van der Waals surface area contributed by atoms with Gasteiger partial charge in [-0.3, -0.25) is 24.5 Å². The molecule has 0 aliphatic carbocycles. The first-order chi connectivity index (χ1) is 13.5. The summed E-state index contributed by atoms with van der Waals surface area (Å²) < 4.78 is 6.76. The number of hydrogen-bond donors (Lipinski definition) is 3. The van der Waals surface area contributed by atoms with Crippen LogP contribution in [0.5, 0.6) is 0 Å². The van der Waals surface area contributed by atoms with Crippen molar-refractivity contribution >= 4 is 17.8 Å².